The first kappa shape index (κ1) is 15.0. The zero-order valence-electron chi connectivity index (χ0n) is 12.0. The monoisotopic (exact) mass is 290 g/mol. The topological polar surface area (TPSA) is 92.4 Å². The molecule has 6 heteroatoms. The molecule has 0 aliphatic heterocycles. The maximum Gasteiger partial charge on any atom is 0.326 e. The van der Waals surface area contributed by atoms with Crippen LogP contribution in [0.5, 0.6) is 0 Å². The molecule has 0 aliphatic carbocycles. The number of fused-ring (bicyclic) bond motifs is 1. The van der Waals surface area contributed by atoms with Crippen LogP contribution < -0.4 is 10.9 Å². The van der Waals surface area contributed by atoms with Crippen LogP contribution in [0.15, 0.2) is 27.4 Å². The van der Waals surface area contributed by atoms with Gasteiger partial charge >= 0.3 is 5.97 Å². The van der Waals surface area contributed by atoms with E-state index in [2.05, 4.69) is 10.3 Å². The van der Waals surface area contributed by atoms with Gasteiger partial charge in [-0.3, -0.25) is 4.79 Å². The van der Waals surface area contributed by atoms with E-state index in [1.165, 1.54) is 0 Å². The first-order valence-electron chi connectivity index (χ1n) is 6.92. The highest BCUT2D eigenvalue weighted by molar-refractivity contribution is 5.80. The number of carboxylic acid groups (broad SMARTS) is 1. The predicted molar refractivity (Wildman–Crippen MR) is 79.6 cm³/mol. The van der Waals surface area contributed by atoms with Gasteiger partial charge in [-0.1, -0.05) is 31.9 Å². The van der Waals surface area contributed by atoms with E-state index in [4.69, 9.17) is 4.42 Å². The molecule has 0 amide bonds. The Hall–Kier alpha value is -2.37. The molecule has 6 nitrogen and oxygen atoms in total. The number of rotatable bonds is 6. The summed E-state index contributed by atoms with van der Waals surface area (Å²) in [5.41, 5.74) is 0.759. The van der Waals surface area contributed by atoms with Crippen LogP contribution in [0.25, 0.3) is 11.0 Å². The molecule has 1 atom stereocenters. The Labute approximate surface area is 121 Å². The Morgan fingerprint density at radius 3 is 2.90 bits per heavy atom. The Kier molecular flexibility index (Phi) is 4.57. The quantitative estimate of drug-likeness (QED) is 0.849. The smallest absolute Gasteiger partial charge is 0.326 e. The molecule has 0 aliphatic rings. The summed E-state index contributed by atoms with van der Waals surface area (Å²) in [5.74, 6) is -0.989. The van der Waals surface area contributed by atoms with E-state index in [0.717, 1.165) is 18.4 Å². The fourth-order valence-corrected chi connectivity index (χ4v) is 2.15. The maximum absolute atomic E-state index is 12.0. The summed E-state index contributed by atoms with van der Waals surface area (Å²) in [7, 11) is 0. The zero-order valence-corrected chi connectivity index (χ0v) is 12.0. The van der Waals surface area contributed by atoms with Crippen molar-refractivity contribution in [1.29, 1.82) is 0 Å². The third-order valence-electron chi connectivity index (χ3n) is 3.30. The number of hydrogen-bond donors (Lipinski definition) is 2. The first-order chi connectivity index (χ1) is 10.0. The van der Waals surface area contributed by atoms with Gasteiger partial charge in [0.15, 0.2) is 0 Å². The number of aliphatic carboxylic acids is 1. The van der Waals surface area contributed by atoms with E-state index in [-0.39, 0.29) is 6.01 Å². The Balaban J connectivity index is 2.34. The number of aromatic nitrogens is 1. The number of anilines is 1. The Morgan fingerprint density at radius 2 is 2.24 bits per heavy atom. The van der Waals surface area contributed by atoms with Crippen molar-refractivity contribution in [3.05, 3.63) is 34.1 Å². The van der Waals surface area contributed by atoms with E-state index < -0.39 is 17.6 Å². The molecule has 112 valence electrons. The van der Waals surface area contributed by atoms with Gasteiger partial charge in [0.25, 0.3) is 11.6 Å². The number of aryl methyl sites for hydroxylation is 1. The van der Waals surface area contributed by atoms with Crippen molar-refractivity contribution in [2.75, 3.05) is 5.32 Å². The van der Waals surface area contributed by atoms with Gasteiger partial charge in [0.05, 0.1) is 5.39 Å². The number of carboxylic acids is 1. The van der Waals surface area contributed by atoms with Gasteiger partial charge in [0.1, 0.15) is 11.6 Å². The largest absolute Gasteiger partial charge is 0.480 e. The fourth-order valence-electron chi connectivity index (χ4n) is 2.15. The number of nitrogens with one attached hydrogen (secondary N) is 1. The molecule has 2 aromatic rings. The van der Waals surface area contributed by atoms with Gasteiger partial charge in [0.2, 0.25) is 0 Å². The van der Waals surface area contributed by atoms with E-state index in [9.17, 15) is 14.7 Å². The Morgan fingerprint density at radius 1 is 1.48 bits per heavy atom. The van der Waals surface area contributed by atoms with Crippen LogP contribution in [0.3, 0.4) is 0 Å². The molecular weight excluding hydrogens is 272 g/mol. The van der Waals surface area contributed by atoms with Crippen molar-refractivity contribution in [1.82, 2.24) is 4.98 Å². The van der Waals surface area contributed by atoms with Crippen LogP contribution in [0, 0.1) is 6.92 Å². The molecule has 0 fully saturated rings. The van der Waals surface area contributed by atoms with Gasteiger partial charge < -0.3 is 14.8 Å². The highest BCUT2D eigenvalue weighted by atomic mass is 16.4. The molecule has 0 bridgehead atoms. The molecule has 1 heterocycles. The third kappa shape index (κ3) is 3.39. The van der Waals surface area contributed by atoms with Crippen LogP contribution in [-0.4, -0.2) is 22.1 Å². The SMILES string of the molecule is CCCC[C@H](Nc1nc(=O)c2c(C)cccc2o1)C(=O)O. The lowest BCUT2D eigenvalue weighted by Gasteiger charge is -2.13. The lowest BCUT2D eigenvalue weighted by atomic mass is 10.1. The van der Waals surface area contributed by atoms with Crippen molar-refractivity contribution in [3.63, 3.8) is 0 Å². The van der Waals surface area contributed by atoms with Crippen molar-refractivity contribution in [3.8, 4) is 0 Å². The van der Waals surface area contributed by atoms with Crippen molar-refractivity contribution in [2.24, 2.45) is 0 Å². The number of carbonyl (C=O) groups is 1. The highest BCUT2D eigenvalue weighted by Crippen LogP contribution is 2.17. The van der Waals surface area contributed by atoms with Crippen LogP contribution in [-0.2, 0) is 4.79 Å². The van der Waals surface area contributed by atoms with Gasteiger partial charge in [-0.05, 0) is 25.0 Å². The van der Waals surface area contributed by atoms with Crippen molar-refractivity contribution >= 4 is 23.0 Å². The van der Waals surface area contributed by atoms with Crippen LogP contribution in [0.4, 0.5) is 6.01 Å². The molecule has 0 spiro atoms. The standard InChI is InChI=1S/C15H18N2O4/c1-3-4-7-10(14(19)20)16-15-17-13(18)12-9(2)6-5-8-11(12)21-15/h5-6,8,10H,3-4,7H2,1-2H3,(H,19,20)(H,16,17,18)/t10-/m0/s1. The average molecular weight is 290 g/mol. The van der Waals surface area contributed by atoms with Crippen molar-refractivity contribution < 1.29 is 14.3 Å². The van der Waals surface area contributed by atoms with Gasteiger partial charge in [-0.15, -0.1) is 0 Å². The maximum atomic E-state index is 12.0. The zero-order chi connectivity index (χ0) is 15.4. The van der Waals surface area contributed by atoms with Crippen LogP contribution in [0.2, 0.25) is 0 Å². The molecule has 0 saturated heterocycles. The molecule has 0 unspecified atom stereocenters. The molecule has 2 rings (SSSR count). The van der Waals surface area contributed by atoms with E-state index in [1.807, 2.05) is 6.92 Å². The molecule has 1 aromatic carbocycles. The second-order valence-electron chi connectivity index (χ2n) is 4.95. The van der Waals surface area contributed by atoms with Crippen LogP contribution >= 0.6 is 0 Å². The lowest BCUT2D eigenvalue weighted by Crippen LogP contribution is -2.30. The fraction of sp³-hybridized carbons (Fsp3) is 0.400. The van der Waals surface area contributed by atoms with Gasteiger partial charge in [-0.2, -0.15) is 4.98 Å². The summed E-state index contributed by atoms with van der Waals surface area (Å²) in [5, 5.41) is 12.3. The predicted octanol–water partition coefficient (Wildman–Crippen LogP) is 2.55. The highest BCUT2D eigenvalue weighted by Gasteiger charge is 2.19. The number of nitrogens with zero attached hydrogens (tertiary/aromatic N) is 1. The third-order valence-corrected chi connectivity index (χ3v) is 3.30. The first-order valence-corrected chi connectivity index (χ1v) is 6.92. The second kappa shape index (κ2) is 6.39. The van der Waals surface area contributed by atoms with Gasteiger partial charge in [0, 0.05) is 0 Å². The van der Waals surface area contributed by atoms with E-state index in [1.54, 1.807) is 25.1 Å². The van der Waals surface area contributed by atoms with E-state index in [0.29, 0.717) is 17.4 Å². The minimum Gasteiger partial charge on any atom is -0.480 e. The summed E-state index contributed by atoms with van der Waals surface area (Å²) in [6, 6.07) is 4.37. The molecular formula is C15H18N2O4. The molecule has 0 radical (unpaired) electrons. The summed E-state index contributed by atoms with van der Waals surface area (Å²) >= 11 is 0. The summed E-state index contributed by atoms with van der Waals surface area (Å²) in [6.07, 6.45) is 2.10. The summed E-state index contributed by atoms with van der Waals surface area (Å²) in [6.45, 7) is 3.78. The molecule has 1 aromatic heterocycles. The molecule has 2 N–H and O–H groups in total. The average Bonchev–Trinajstić information content (AvgIpc) is 2.42. The molecule has 0 saturated carbocycles. The van der Waals surface area contributed by atoms with Crippen molar-refractivity contribution in [2.45, 2.75) is 39.2 Å². The van der Waals surface area contributed by atoms with E-state index >= 15 is 0 Å². The molecule has 21 heavy (non-hydrogen) atoms. The second-order valence-corrected chi connectivity index (χ2v) is 4.95. The number of hydrogen-bond acceptors (Lipinski definition) is 5. The summed E-state index contributed by atoms with van der Waals surface area (Å²) < 4.78 is 5.50. The Bertz CT molecular complexity index is 708. The summed E-state index contributed by atoms with van der Waals surface area (Å²) in [4.78, 5) is 27.0. The minimum absolute atomic E-state index is 0.0541. The number of benzene rings is 1. The van der Waals surface area contributed by atoms with Gasteiger partial charge in [-0.25, -0.2) is 4.79 Å². The van der Waals surface area contributed by atoms with Crippen LogP contribution in [0.1, 0.15) is 31.7 Å². The normalized spacial score (nSPS) is 12.3. The lowest BCUT2D eigenvalue weighted by molar-refractivity contribution is -0.138. The minimum atomic E-state index is -0.989. The number of unbranched alkanes of at least 4 members (excludes halogenated alkanes) is 1.